The highest BCUT2D eigenvalue weighted by molar-refractivity contribution is 7.86. The molecule has 0 atom stereocenters. The maximum Gasteiger partial charge on any atom is 0.282 e. The van der Waals surface area contributed by atoms with Crippen molar-refractivity contribution in [2.45, 2.75) is 0 Å². The fourth-order valence-corrected chi connectivity index (χ4v) is 4.82. The van der Waals surface area contributed by atoms with Crippen LogP contribution in [0.1, 0.15) is 10.4 Å². The van der Waals surface area contributed by atoms with Crippen molar-refractivity contribution < 1.29 is 18.1 Å². The van der Waals surface area contributed by atoms with Gasteiger partial charge in [-0.2, -0.15) is 17.0 Å². The van der Waals surface area contributed by atoms with Crippen LogP contribution in [0.15, 0.2) is 24.3 Å². The summed E-state index contributed by atoms with van der Waals surface area (Å²) >= 11 is 0. The van der Waals surface area contributed by atoms with Crippen molar-refractivity contribution in [1.29, 1.82) is 0 Å². The average molecular weight is 397 g/mol. The summed E-state index contributed by atoms with van der Waals surface area (Å²) in [6.07, 6.45) is 0. The predicted octanol–water partition coefficient (Wildman–Crippen LogP) is -0.155. The van der Waals surface area contributed by atoms with Crippen LogP contribution in [0, 0.1) is 10.1 Å². The number of hydrogen-bond acceptors (Lipinski definition) is 6. The highest BCUT2D eigenvalue weighted by Gasteiger charge is 2.34. The second kappa shape index (κ2) is 7.89. The van der Waals surface area contributed by atoms with E-state index in [1.807, 2.05) is 7.05 Å². The van der Waals surface area contributed by atoms with Crippen molar-refractivity contribution >= 4 is 21.8 Å². The number of rotatable bonds is 4. The molecule has 2 heterocycles. The number of nitro benzene ring substituents is 1. The number of nitro groups is 1. The highest BCUT2D eigenvalue weighted by atomic mass is 32.2. The van der Waals surface area contributed by atoms with Gasteiger partial charge in [0, 0.05) is 70.1 Å². The molecule has 2 aliphatic rings. The van der Waals surface area contributed by atoms with Crippen molar-refractivity contribution in [3.05, 3.63) is 39.9 Å². The summed E-state index contributed by atoms with van der Waals surface area (Å²) in [4.78, 5) is 26.5. The summed E-state index contributed by atoms with van der Waals surface area (Å²) in [5.74, 6) is -0.324. The molecule has 0 aromatic heterocycles. The first-order valence-electron chi connectivity index (χ1n) is 8.76. The van der Waals surface area contributed by atoms with E-state index in [0.29, 0.717) is 26.2 Å². The third-order valence-corrected chi connectivity index (χ3v) is 6.98. The van der Waals surface area contributed by atoms with E-state index in [9.17, 15) is 23.3 Å². The molecule has 11 heteroatoms. The molecule has 2 fully saturated rings. The van der Waals surface area contributed by atoms with Crippen LogP contribution in [0.3, 0.4) is 0 Å². The third-order valence-electron chi connectivity index (χ3n) is 4.94. The number of hydrogen-bond donors (Lipinski definition) is 0. The Labute approximate surface area is 158 Å². The monoisotopic (exact) mass is 397 g/mol. The number of carbonyl (C=O) groups is 1. The fraction of sp³-hybridized carbons (Fsp3) is 0.562. The molecule has 0 spiro atoms. The van der Waals surface area contributed by atoms with E-state index in [1.54, 1.807) is 0 Å². The van der Waals surface area contributed by atoms with Gasteiger partial charge in [0.25, 0.3) is 21.8 Å². The molecular weight excluding hydrogens is 374 g/mol. The number of carbonyl (C=O) groups excluding carboxylic acids is 1. The summed E-state index contributed by atoms with van der Waals surface area (Å²) < 4.78 is 28.4. The predicted molar refractivity (Wildman–Crippen MR) is 98.6 cm³/mol. The van der Waals surface area contributed by atoms with E-state index in [4.69, 9.17) is 0 Å². The molecule has 3 rings (SSSR count). The third kappa shape index (κ3) is 4.26. The van der Waals surface area contributed by atoms with Crippen molar-refractivity contribution in [1.82, 2.24) is 18.4 Å². The molecule has 1 aromatic rings. The van der Waals surface area contributed by atoms with Gasteiger partial charge in [0.05, 0.1) is 4.92 Å². The number of benzene rings is 1. The van der Waals surface area contributed by atoms with Gasteiger partial charge in [-0.05, 0) is 13.1 Å². The molecular formula is C16H23N5O5S. The first kappa shape index (κ1) is 19.7. The summed E-state index contributed by atoms with van der Waals surface area (Å²) in [5.41, 5.74) is 0.0942. The second-order valence-electron chi connectivity index (χ2n) is 6.71. The van der Waals surface area contributed by atoms with Crippen LogP contribution in [0.4, 0.5) is 5.69 Å². The van der Waals surface area contributed by atoms with Crippen LogP contribution < -0.4 is 0 Å². The summed E-state index contributed by atoms with van der Waals surface area (Å²) in [5, 5.41) is 10.9. The van der Waals surface area contributed by atoms with Gasteiger partial charge in [0.15, 0.2) is 0 Å². The highest BCUT2D eigenvalue weighted by Crippen LogP contribution is 2.18. The van der Waals surface area contributed by atoms with Gasteiger partial charge in [-0.3, -0.25) is 14.9 Å². The van der Waals surface area contributed by atoms with Gasteiger partial charge in [0.1, 0.15) is 0 Å². The Hall–Kier alpha value is -2.08. The summed E-state index contributed by atoms with van der Waals surface area (Å²) in [6, 6.07) is 5.58. The van der Waals surface area contributed by atoms with E-state index in [1.165, 1.54) is 37.8 Å². The van der Waals surface area contributed by atoms with Crippen LogP contribution >= 0.6 is 0 Å². The largest absolute Gasteiger partial charge is 0.336 e. The Morgan fingerprint density at radius 2 is 1.56 bits per heavy atom. The van der Waals surface area contributed by atoms with Crippen molar-refractivity contribution in [2.75, 3.05) is 59.4 Å². The minimum absolute atomic E-state index is 0.142. The molecule has 0 radical (unpaired) electrons. The van der Waals surface area contributed by atoms with Crippen LogP contribution in [-0.2, 0) is 10.2 Å². The minimum atomic E-state index is -3.53. The zero-order valence-corrected chi connectivity index (χ0v) is 16.0. The van der Waals surface area contributed by atoms with Crippen LogP contribution in [0.5, 0.6) is 0 Å². The fourth-order valence-electron chi connectivity index (χ4n) is 3.24. The Bertz CT molecular complexity index is 814. The normalized spacial score (nSPS) is 20.6. The van der Waals surface area contributed by atoms with Gasteiger partial charge in [-0.25, -0.2) is 0 Å². The Balaban J connectivity index is 1.62. The van der Waals surface area contributed by atoms with Crippen LogP contribution in [0.25, 0.3) is 0 Å². The molecule has 1 aromatic carbocycles. The van der Waals surface area contributed by atoms with Gasteiger partial charge in [-0.15, -0.1) is 0 Å². The van der Waals surface area contributed by atoms with Gasteiger partial charge in [0.2, 0.25) is 0 Å². The van der Waals surface area contributed by atoms with E-state index in [2.05, 4.69) is 4.90 Å². The molecule has 2 aliphatic heterocycles. The lowest BCUT2D eigenvalue weighted by molar-refractivity contribution is -0.384. The maximum absolute atomic E-state index is 12.8. The first-order chi connectivity index (χ1) is 12.8. The number of nitrogens with zero attached hydrogens (tertiary/aromatic N) is 5. The lowest BCUT2D eigenvalue weighted by atomic mass is 10.1. The Kier molecular flexibility index (Phi) is 5.75. The van der Waals surface area contributed by atoms with Crippen LogP contribution in [-0.4, -0.2) is 97.1 Å². The van der Waals surface area contributed by atoms with Crippen LogP contribution in [0.2, 0.25) is 0 Å². The van der Waals surface area contributed by atoms with E-state index in [-0.39, 0.29) is 43.3 Å². The van der Waals surface area contributed by atoms with E-state index in [0.717, 1.165) is 0 Å². The SMILES string of the molecule is CN1CCN(S(=O)(=O)N2CCN(C(=O)c3cccc([N+](=O)[O-])c3)CC2)CC1. The molecule has 0 bridgehead atoms. The average Bonchev–Trinajstić information content (AvgIpc) is 2.68. The molecule has 0 unspecified atom stereocenters. The minimum Gasteiger partial charge on any atom is -0.336 e. The Morgan fingerprint density at radius 3 is 2.11 bits per heavy atom. The molecule has 27 heavy (non-hydrogen) atoms. The lowest BCUT2D eigenvalue weighted by Gasteiger charge is -2.39. The number of piperazine rings is 2. The number of non-ortho nitro benzene ring substituents is 1. The van der Waals surface area contributed by atoms with Gasteiger partial charge >= 0.3 is 0 Å². The van der Waals surface area contributed by atoms with E-state index < -0.39 is 15.1 Å². The standard InChI is InChI=1S/C16H23N5O5S/c1-17-5-9-19(10-6-17)27(25,26)20-11-7-18(8-12-20)16(22)14-3-2-4-15(13-14)21(23)24/h2-4,13H,5-12H2,1H3. The zero-order valence-electron chi connectivity index (χ0n) is 15.2. The molecule has 0 aliphatic carbocycles. The molecule has 10 nitrogen and oxygen atoms in total. The summed E-state index contributed by atoms with van der Waals surface area (Å²) in [7, 11) is -1.57. The first-order valence-corrected chi connectivity index (χ1v) is 10.2. The molecule has 148 valence electrons. The smallest absolute Gasteiger partial charge is 0.282 e. The number of likely N-dealkylation sites (N-methyl/N-ethyl adjacent to an activating group) is 1. The van der Waals surface area contributed by atoms with Crippen molar-refractivity contribution in [2.24, 2.45) is 0 Å². The lowest BCUT2D eigenvalue weighted by Crippen LogP contribution is -2.57. The molecule has 2 saturated heterocycles. The topological polar surface area (TPSA) is 107 Å². The second-order valence-corrected chi connectivity index (χ2v) is 8.64. The molecule has 0 saturated carbocycles. The summed E-state index contributed by atoms with van der Waals surface area (Å²) in [6.45, 7) is 3.28. The van der Waals surface area contributed by atoms with E-state index >= 15 is 0 Å². The Morgan fingerprint density at radius 1 is 1.00 bits per heavy atom. The maximum atomic E-state index is 12.8. The molecule has 0 N–H and O–H groups in total. The molecule has 1 amide bonds. The van der Waals surface area contributed by atoms with Gasteiger partial charge in [-0.1, -0.05) is 6.07 Å². The number of amides is 1. The quantitative estimate of drug-likeness (QED) is 0.516. The van der Waals surface area contributed by atoms with Crippen molar-refractivity contribution in [3.8, 4) is 0 Å². The van der Waals surface area contributed by atoms with Gasteiger partial charge < -0.3 is 9.80 Å². The van der Waals surface area contributed by atoms with Crippen molar-refractivity contribution in [3.63, 3.8) is 0 Å². The zero-order chi connectivity index (χ0) is 19.6.